The van der Waals surface area contributed by atoms with Crippen LogP contribution in [0.2, 0.25) is 0 Å². The summed E-state index contributed by atoms with van der Waals surface area (Å²) in [5.41, 5.74) is 2.93. The van der Waals surface area contributed by atoms with Gasteiger partial charge in [-0.3, -0.25) is 9.10 Å². The maximum Gasteiger partial charge on any atom is 0.251 e. The first-order chi connectivity index (χ1) is 12.3. The van der Waals surface area contributed by atoms with Crippen LogP contribution in [0.4, 0.5) is 5.69 Å². The molecule has 0 aliphatic carbocycles. The summed E-state index contributed by atoms with van der Waals surface area (Å²) in [6.45, 7) is 2.22. The van der Waals surface area contributed by atoms with Crippen molar-refractivity contribution in [3.05, 3.63) is 59.2 Å². The van der Waals surface area contributed by atoms with Gasteiger partial charge in [-0.2, -0.15) is 0 Å². The van der Waals surface area contributed by atoms with Crippen LogP contribution in [0.15, 0.2) is 42.5 Å². The Labute approximate surface area is 153 Å². The van der Waals surface area contributed by atoms with E-state index in [1.807, 2.05) is 31.2 Å². The van der Waals surface area contributed by atoms with E-state index in [0.717, 1.165) is 16.9 Å². The number of amides is 1. The van der Waals surface area contributed by atoms with Crippen molar-refractivity contribution in [2.75, 3.05) is 17.7 Å². The van der Waals surface area contributed by atoms with E-state index in [2.05, 4.69) is 5.32 Å². The van der Waals surface area contributed by atoms with E-state index in [1.54, 1.807) is 25.3 Å². The van der Waals surface area contributed by atoms with Gasteiger partial charge in [-0.15, -0.1) is 0 Å². The van der Waals surface area contributed by atoms with E-state index in [1.165, 1.54) is 10.6 Å². The second kappa shape index (κ2) is 6.99. The quantitative estimate of drug-likeness (QED) is 0.872. The topological polar surface area (TPSA) is 75.7 Å². The number of hydrogen-bond acceptors (Lipinski definition) is 4. The van der Waals surface area contributed by atoms with Gasteiger partial charge in [0.2, 0.25) is 10.0 Å². The predicted molar refractivity (Wildman–Crippen MR) is 101 cm³/mol. The largest absolute Gasteiger partial charge is 0.496 e. The predicted octanol–water partition coefficient (Wildman–Crippen LogP) is 2.34. The van der Waals surface area contributed by atoms with Crippen molar-refractivity contribution in [3.63, 3.8) is 0 Å². The third kappa shape index (κ3) is 3.53. The standard InChI is InChI=1S/C19H22N2O4S/c1-13-10-16-11-14(8-9-17(16)21(13)26(3,23)24)19(22)20-12-15-6-4-5-7-18(15)25-2/h4-9,11,13H,10,12H2,1-3H3,(H,20,22). The number of carbonyl (C=O) groups is 1. The SMILES string of the molecule is COc1ccccc1CNC(=O)c1ccc2c(c1)CC(C)N2S(C)(=O)=O. The van der Waals surface area contributed by atoms with Gasteiger partial charge in [-0.25, -0.2) is 8.42 Å². The number of nitrogens with zero attached hydrogens (tertiary/aromatic N) is 1. The first-order valence-electron chi connectivity index (χ1n) is 8.33. The molecule has 0 spiro atoms. The molecule has 7 heteroatoms. The van der Waals surface area contributed by atoms with Gasteiger partial charge in [-0.05, 0) is 43.2 Å². The third-order valence-electron chi connectivity index (χ3n) is 4.48. The van der Waals surface area contributed by atoms with Crippen molar-refractivity contribution in [3.8, 4) is 5.75 Å². The fourth-order valence-corrected chi connectivity index (χ4v) is 4.64. The summed E-state index contributed by atoms with van der Waals surface area (Å²) in [4.78, 5) is 12.5. The molecule has 2 aromatic rings. The zero-order chi connectivity index (χ0) is 18.9. The lowest BCUT2D eigenvalue weighted by atomic mass is 10.1. The fourth-order valence-electron chi connectivity index (χ4n) is 3.38. The van der Waals surface area contributed by atoms with E-state index >= 15 is 0 Å². The number of fused-ring (bicyclic) bond motifs is 1. The minimum absolute atomic E-state index is 0.146. The zero-order valence-corrected chi connectivity index (χ0v) is 15.8. The summed E-state index contributed by atoms with van der Waals surface area (Å²) < 4.78 is 30.7. The number of carbonyl (C=O) groups excluding carboxylic acids is 1. The molecule has 1 atom stereocenters. The Kier molecular flexibility index (Phi) is 4.91. The monoisotopic (exact) mass is 374 g/mol. The first-order valence-corrected chi connectivity index (χ1v) is 10.2. The lowest BCUT2D eigenvalue weighted by molar-refractivity contribution is 0.0950. The van der Waals surface area contributed by atoms with Crippen LogP contribution in [0.1, 0.15) is 28.4 Å². The average molecular weight is 374 g/mol. The lowest BCUT2D eigenvalue weighted by Crippen LogP contribution is -2.34. The number of methoxy groups -OCH3 is 1. The van der Waals surface area contributed by atoms with Gasteiger partial charge < -0.3 is 10.1 Å². The van der Waals surface area contributed by atoms with Crippen molar-refractivity contribution >= 4 is 21.6 Å². The first kappa shape index (κ1) is 18.3. The summed E-state index contributed by atoms with van der Waals surface area (Å²) in [6.07, 6.45) is 1.79. The Morgan fingerprint density at radius 2 is 2.00 bits per heavy atom. The molecule has 1 amide bonds. The van der Waals surface area contributed by atoms with Crippen molar-refractivity contribution in [1.29, 1.82) is 0 Å². The number of benzene rings is 2. The molecule has 0 aromatic heterocycles. The maximum atomic E-state index is 12.5. The Balaban J connectivity index is 1.77. The van der Waals surface area contributed by atoms with Crippen molar-refractivity contribution in [1.82, 2.24) is 5.32 Å². The summed E-state index contributed by atoms with van der Waals surface area (Å²) in [6, 6.07) is 12.5. The molecule has 6 nitrogen and oxygen atoms in total. The normalized spacial score (nSPS) is 16.3. The van der Waals surface area contributed by atoms with Crippen LogP contribution in [-0.2, 0) is 23.0 Å². The summed E-state index contributed by atoms with van der Waals surface area (Å²) >= 11 is 0. The van der Waals surface area contributed by atoms with Gasteiger partial charge in [0.1, 0.15) is 5.75 Å². The molecule has 0 saturated heterocycles. The van der Waals surface area contributed by atoms with Crippen LogP contribution < -0.4 is 14.4 Å². The minimum Gasteiger partial charge on any atom is -0.496 e. The molecule has 1 unspecified atom stereocenters. The minimum atomic E-state index is -3.33. The number of ether oxygens (including phenoxy) is 1. The zero-order valence-electron chi connectivity index (χ0n) is 15.0. The maximum absolute atomic E-state index is 12.5. The molecule has 3 rings (SSSR count). The molecule has 138 valence electrons. The van der Waals surface area contributed by atoms with E-state index in [4.69, 9.17) is 4.74 Å². The lowest BCUT2D eigenvalue weighted by Gasteiger charge is -2.21. The molecular formula is C19H22N2O4S. The number of sulfonamides is 1. The van der Waals surface area contributed by atoms with Crippen molar-refractivity contribution < 1.29 is 17.9 Å². The Morgan fingerprint density at radius 3 is 2.69 bits per heavy atom. The third-order valence-corrected chi connectivity index (χ3v) is 5.76. The fraction of sp³-hybridized carbons (Fsp3) is 0.316. The number of nitrogens with one attached hydrogen (secondary N) is 1. The van der Waals surface area contributed by atoms with Crippen molar-refractivity contribution in [2.24, 2.45) is 0 Å². The molecule has 0 bridgehead atoms. The molecule has 1 aliphatic rings. The van der Waals surface area contributed by atoms with Crippen molar-refractivity contribution in [2.45, 2.75) is 25.9 Å². The molecule has 1 heterocycles. The van der Waals surface area contributed by atoms with Crippen LogP contribution in [-0.4, -0.2) is 33.7 Å². The van der Waals surface area contributed by atoms with E-state index in [-0.39, 0.29) is 11.9 Å². The van der Waals surface area contributed by atoms with Gasteiger partial charge in [0.25, 0.3) is 5.91 Å². The van der Waals surface area contributed by atoms with Gasteiger partial charge in [0, 0.05) is 23.7 Å². The van der Waals surface area contributed by atoms with Crippen LogP contribution in [0.5, 0.6) is 5.75 Å². The summed E-state index contributed by atoms with van der Waals surface area (Å²) in [5, 5.41) is 2.88. The molecule has 2 aromatic carbocycles. The Hall–Kier alpha value is -2.54. The molecule has 0 fully saturated rings. The highest BCUT2D eigenvalue weighted by Crippen LogP contribution is 2.34. The average Bonchev–Trinajstić information content (AvgIpc) is 2.94. The summed E-state index contributed by atoms with van der Waals surface area (Å²) in [5.74, 6) is 0.517. The Morgan fingerprint density at radius 1 is 1.27 bits per heavy atom. The highest BCUT2D eigenvalue weighted by molar-refractivity contribution is 7.92. The van der Waals surface area contributed by atoms with E-state index < -0.39 is 10.0 Å². The second-order valence-corrected chi connectivity index (χ2v) is 8.31. The van der Waals surface area contributed by atoms with Crippen LogP contribution in [0.3, 0.4) is 0 Å². The van der Waals surface area contributed by atoms with Gasteiger partial charge in [0.15, 0.2) is 0 Å². The van der Waals surface area contributed by atoms with E-state index in [9.17, 15) is 13.2 Å². The molecule has 1 aliphatic heterocycles. The number of para-hydroxylation sites is 1. The number of anilines is 1. The molecular weight excluding hydrogens is 352 g/mol. The highest BCUT2D eigenvalue weighted by atomic mass is 32.2. The molecule has 0 radical (unpaired) electrons. The number of rotatable bonds is 5. The van der Waals surface area contributed by atoms with Crippen LogP contribution in [0, 0.1) is 0 Å². The van der Waals surface area contributed by atoms with Crippen LogP contribution in [0.25, 0.3) is 0 Å². The number of hydrogen-bond donors (Lipinski definition) is 1. The Bertz CT molecular complexity index is 940. The molecule has 0 saturated carbocycles. The molecule has 1 N–H and O–H groups in total. The summed E-state index contributed by atoms with van der Waals surface area (Å²) in [7, 11) is -1.74. The van der Waals surface area contributed by atoms with Gasteiger partial charge in [0.05, 0.1) is 19.1 Å². The van der Waals surface area contributed by atoms with Gasteiger partial charge in [-0.1, -0.05) is 18.2 Å². The van der Waals surface area contributed by atoms with Gasteiger partial charge >= 0.3 is 0 Å². The van der Waals surface area contributed by atoms with E-state index in [0.29, 0.717) is 24.2 Å². The highest BCUT2D eigenvalue weighted by Gasteiger charge is 2.32. The second-order valence-electron chi connectivity index (χ2n) is 6.45. The molecule has 26 heavy (non-hydrogen) atoms. The smallest absolute Gasteiger partial charge is 0.251 e. The van der Waals surface area contributed by atoms with Crippen LogP contribution >= 0.6 is 0 Å².